The monoisotopic (exact) mass is 300 g/mol. The zero-order chi connectivity index (χ0) is 13.7. The van der Waals surface area contributed by atoms with E-state index in [1.54, 1.807) is 4.90 Å². The highest BCUT2D eigenvalue weighted by molar-refractivity contribution is 6.42. The Bertz CT molecular complexity index is 429. The van der Waals surface area contributed by atoms with Gasteiger partial charge in [-0.1, -0.05) is 29.3 Å². The molecular formula is C14H18Cl2N2O. The van der Waals surface area contributed by atoms with Crippen LogP contribution < -0.4 is 5.32 Å². The number of hydrogen-bond donors (Lipinski definition) is 1. The van der Waals surface area contributed by atoms with Gasteiger partial charge in [0.25, 0.3) is 0 Å². The van der Waals surface area contributed by atoms with E-state index in [0.717, 1.165) is 32.6 Å². The minimum atomic E-state index is 0.606. The number of carbonyl (C=O) groups is 1. The fourth-order valence-corrected chi connectivity index (χ4v) is 2.46. The molecule has 1 unspecified atom stereocenters. The van der Waals surface area contributed by atoms with E-state index in [1.165, 1.54) is 18.4 Å². The molecule has 0 saturated carbocycles. The third kappa shape index (κ3) is 4.10. The standard InChI is InChI=1S/C10H11Cl2N.C4H7NO/c11-9-2-1-7(5-10(9)12)8-3-4-13-6-8;6-4-5-2-1-3-5/h1-2,5,8,13H,3-4,6H2;4H,1-3H2. The number of halogens is 2. The van der Waals surface area contributed by atoms with Crippen molar-refractivity contribution >= 4 is 29.6 Å². The fraction of sp³-hybridized carbons (Fsp3) is 0.500. The molecule has 0 aliphatic carbocycles. The van der Waals surface area contributed by atoms with E-state index in [-0.39, 0.29) is 0 Å². The van der Waals surface area contributed by atoms with Crippen molar-refractivity contribution in [2.45, 2.75) is 18.8 Å². The number of hydrogen-bond acceptors (Lipinski definition) is 2. The summed E-state index contributed by atoms with van der Waals surface area (Å²) >= 11 is 11.8. The summed E-state index contributed by atoms with van der Waals surface area (Å²) < 4.78 is 0. The quantitative estimate of drug-likeness (QED) is 0.852. The average molecular weight is 301 g/mol. The molecule has 104 valence electrons. The van der Waals surface area contributed by atoms with Gasteiger partial charge in [0.1, 0.15) is 0 Å². The Hall–Kier alpha value is -0.770. The molecule has 1 aromatic rings. The van der Waals surface area contributed by atoms with Crippen molar-refractivity contribution in [3.8, 4) is 0 Å². The van der Waals surface area contributed by atoms with Gasteiger partial charge >= 0.3 is 0 Å². The zero-order valence-corrected chi connectivity index (χ0v) is 12.3. The fourth-order valence-electron chi connectivity index (χ4n) is 2.15. The third-order valence-electron chi connectivity index (χ3n) is 3.52. The van der Waals surface area contributed by atoms with Crippen LogP contribution in [0.4, 0.5) is 0 Å². The smallest absolute Gasteiger partial charge is 0.209 e. The predicted octanol–water partition coefficient (Wildman–Crippen LogP) is 2.92. The molecule has 0 bridgehead atoms. The molecule has 19 heavy (non-hydrogen) atoms. The van der Waals surface area contributed by atoms with Crippen LogP contribution in [0.3, 0.4) is 0 Å². The molecule has 2 aliphatic heterocycles. The second-order valence-corrected chi connectivity index (χ2v) is 5.67. The molecule has 1 aromatic carbocycles. The van der Waals surface area contributed by atoms with Crippen LogP contribution in [0.15, 0.2) is 18.2 Å². The van der Waals surface area contributed by atoms with Gasteiger partial charge in [-0.2, -0.15) is 0 Å². The van der Waals surface area contributed by atoms with Gasteiger partial charge in [-0.05, 0) is 43.0 Å². The molecule has 1 amide bonds. The van der Waals surface area contributed by atoms with E-state index < -0.39 is 0 Å². The first-order chi connectivity index (χ1) is 9.20. The first-order valence-electron chi connectivity index (χ1n) is 6.55. The van der Waals surface area contributed by atoms with Crippen molar-refractivity contribution in [2.24, 2.45) is 0 Å². The highest BCUT2D eigenvalue weighted by Crippen LogP contribution is 2.28. The molecule has 0 aromatic heterocycles. The van der Waals surface area contributed by atoms with E-state index in [1.807, 2.05) is 12.1 Å². The summed E-state index contributed by atoms with van der Waals surface area (Å²) in [6.07, 6.45) is 3.28. The van der Waals surface area contributed by atoms with Gasteiger partial charge in [0.2, 0.25) is 6.41 Å². The zero-order valence-electron chi connectivity index (χ0n) is 10.7. The number of likely N-dealkylation sites (tertiary alicyclic amines) is 1. The minimum absolute atomic E-state index is 0.606. The van der Waals surface area contributed by atoms with Crippen molar-refractivity contribution < 1.29 is 4.79 Å². The molecule has 1 atom stereocenters. The van der Waals surface area contributed by atoms with Crippen molar-refractivity contribution in [3.63, 3.8) is 0 Å². The van der Waals surface area contributed by atoms with Gasteiger partial charge in [-0.3, -0.25) is 4.79 Å². The maximum Gasteiger partial charge on any atom is 0.209 e. The third-order valence-corrected chi connectivity index (χ3v) is 4.25. The second kappa shape index (κ2) is 7.13. The molecule has 5 heteroatoms. The predicted molar refractivity (Wildman–Crippen MR) is 78.9 cm³/mol. The molecule has 0 spiro atoms. The first kappa shape index (κ1) is 14.6. The van der Waals surface area contributed by atoms with Gasteiger partial charge < -0.3 is 10.2 Å². The summed E-state index contributed by atoms with van der Waals surface area (Å²) in [6.45, 7) is 4.11. The normalized spacial score (nSPS) is 21.4. The van der Waals surface area contributed by atoms with Crippen LogP contribution in [0.5, 0.6) is 0 Å². The summed E-state index contributed by atoms with van der Waals surface area (Å²) in [4.78, 5) is 11.5. The Balaban J connectivity index is 0.000000186. The van der Waals surface area contributed by atoms with Crippen LogP contribution in [0.2, 0.25) is 10.0 Å². The Morgan fingerprint density at radius 1 is 1.26 bits per heavy atom. The Labute approximate surface area is 123 Å². The Morgan fingerprint density at radius 3 is 2.47 bits per heavy atom. The van der Waals surface area contributed by atoms with Gasteiger partial charge in [0.15, 0.2) is 0 Å². The summed E-state index contributed by atoms with van der Waals surface area (Å²) in [5.41, 5.74) is 1.29. The van der Waals surface area contributed by atoms with Crippen LogP contribution in [0, 0.1) is 0 Å². The largest absolute Gasteiger partial charge is 0.345 e. The first-order valence-corrected chi connectivity index (χ1v) is 7.31. The van der Waals surface area contributed by atoms with Gasteiger partial charge in [0, 0.05) is 19.6 Å². The summed E-state index contributed by atoms with van der Waals surface area (Å²) in [5, 5.41) is 4.62. The van der Waals surface area contributed by atoms with Crippen LogP contribution in [-0.2, 0) is 4.79 Å². The minimum Gasteiger partial charge on any atom is -0.345 e. The van der Waals surface area contributed by atoms with Crippen molar-refractivity contribution in [3.05, 3.63) is 33.8 Å². The molecule has 3 nitrogen and oxygen atoms in total. The van der Waals surface area contributed by atoms with E-state index >= 15 is 0 Å². The summed E-state index contributed by atoms with van der Waals surface area (Å²) in [7, 11) is 0. The van der Waals surface area contributed by atoms with Crippen molar-refractivity contribution in [2.75, 3.05) is 26.2 Å². The van der Waals surface area contributed by atoms with Crippen molar-refractivity contribution in [1.29, 1.82) is 0 Å². The molecule has 1 N–H and O–H groups in total. The molecule has 2 aliphatic rings. The molecule has 0 radical (unpaired) electrons. The number of benzene rings is 1. The van der Waals surface area contributed by atoms with Crippen LogP contribution in [0.25, 0.3) is 0 Å². The van der Waals surface area contributed by atoms with E-state index in [4.69, 9.17) is 23.2 Å². The maximum absolute atomic E-state index is 9.71. The second-order valence-electron chi connectivity index (χ2n) is 4.86. The number of amides is 1. The lowest BCUT2D eigenvalue weighted by atomic mass is 9.99. The lowest BCUT2D eigenvalue weighted by Gasteiger charge is -2.25. The Kier molecular flexibility index (Phi) is 5.49. The molecule has 3 rings (SSSR count). The number of nitrogens with one attached hydrogen (secondary N) is 1. The van der Waals surface area contributed by atoms with E-state index in [9.17, 15) is 4.79 Å². The van der Waals surface area contributed by atoms with E-state index in [2.05, 4.69) is 11.4 Å². The number of carbonyl (C=O) groups excluding carboxylic acids is 1. The van der Waals surface area contributed by atoms with Gasteiger partial charge in [-0.25, -0.2) is 0 Å². The SMILES string of the molecule is Clc1ccc(C2CCNC2)cc1Cl.O=CN1CCC1. The van der Waals surface area contributed by atoms with Crippen molar-refractivity contribution in [1.82, 2.24) is 10.2 Å². The van der Waals surface area contributed by atoms with Crippen LogP contribution in [0.1, 0.15) is 24.3 Å². The Morgan fingerprint density at radius 2 is 2.05 bits per heavy atom. The van der Waals surface area contributed by atoms with Gasteiger partial charge in [0.05, 0.1) is 10.0 Å². The van der Waals surface area contributed by atoms with Gasteiger partial charge in [-0.15, -0.1) is 0 Å². The highest BCUT2D eigenvalue weighted by Gasteiger charge is 2.16. The molecule has 2 heterocycles. The lowest BCUT2D eigenvalue weighted by molar-refractivity contribution is -0.121. The number of rotatable bonds is 2. The molecular weight excluding hydrogens is 283 g/mol. The van der Waals surface area contributed by atoms with Crippen LogP contribution in [-0.4, -0.2) is 37.5 Å². The molecule has 2 saturated heterocycles. The molecule has 2 fully saturated rings. The number of nitrogens with zero attached hydrogens (tertiary/aromatic N) is 1. The summed E-state index contributed by atoms with van der Waals surface area (Å²) in [5.74, 6) is 0.606. The van der Waals surface area contributed by atoms with E-state index in [0.29, 0.717) is 16.0 Å². The summed E-state index contributed by atoms with van der Waals surface area (Å²) in [6, 6.07) is 5.91. The lowest BCUT2D eigenvalue weighted by Crippen LogP contribution is -2.35. The highest BCUT2D eigenvalue weighted by atomic mass is 35.5. The maximum atomic E-state index is 9.71. The topological polar surface area (TPSA) is 32.3 Å². The average Bonchev–Trinajstić information content (AvgIpc) is 2.86. The van der Waals surface area contributed by atoms with Crippen LogP contribution >= 0.6 is 23.2 Å².